The maximum atomic E-state index is 12.7. The van der Waals surface area contributed by atoms with Crippen LogP contribution in [-0.2, 0) is 35.3 Å². The van der Waals surface area contributed by atoms with Crippen molar-refractivity contribution in [2.24, 2.45) is 0 Å². The molecule has 0 unspecified atom stereocenters. The number of fused-ring (bicyclic) bond motifs is 3. The van der Waals surface area contributed by atoms with Gasteiger partial charge in [-0.2, -0.15) is 0 Å². The molecule has 0 bridgehead atoms. The lowest BCUT2D eigenvalue weighted by Crippen LogP contribution is -2.19. The van der Waals surface area contributed by atoms with Crippen molar-refractivity contribution in [2.45, 2.75) is 51.4 Å². The minimum atomic E-state index is -5.12. The predicted octanol–water partition coefficient (Wildman–Crippen LogP) is 5.62. The fourth-order valence-corrected chi connectivity index (χ4v) is 5.35. The molecule has 15 heteroatoms. The van der Waals surface area contributed by atoms with Crippen molar-refractivity contribution in [2.75, 3.05) is 18.5 Å². The summed E-state index contributed by atoms with van der Waals surface area (Å²) in [7, 11) is 0. The van der Waals surface area contributed by atoms with Crippen LogP contribution >= 0.6 is 11.3 Å². The van der Waals surface area contributed by atoms with E-state index in [0.717, 1.165) is 53.6 Å². The van der Waals surface area contributed by atoms with Crippen molar-refractivity contribution < 1.29 is 50.5 Å². The maximum absolute atomic E-state index is 12.7. The number of anilines is 1. The number of aryl methyl sites for hydroxylation is 2. The number of alkyl halides is 6. The number of rotatable bonds is 10. The topological polar surface area (TPSA) is 103 Å². The molecule has 0 amide bonds. The molecule has 0 saturated heterocycles. The number of aliphatic carboxylic acids is 1. The molecule has 0 atom stereocenters. The number of carboxylic acid groups (broad SMARTS) is 1. The zero-order valence-corrected chi connectivity index (χ0v) is 20.4. The van der Waals surface area contributed by atoms with Gasteiger partial charge in [0.2, 0.25) is 0 Å². The largest absolute Gasteiger partial charge is 0.573 e. The van der Waals surface area contributed by atoms with E-state index in [1.165, 1.54) is 11.3 Å². The number of hydrogen-bond donors (Lipinski definition) is 2. The number of carbonyl (C=O) groups is 1. The first kappa shape index (κ1) is 27.7. The second-order valence-corrected chi connectivity index (χ2v) is 9.42. The molecule has 0 fully saturated rings. The van der Waals surface area contributed by atoms with Gasteiger partial charge in [-0.25, -0.2) is 14.8 Å². The van der Waals surface area contributed by atoms with Crippen LogP contribution < -0.4 is 14.8 Å². The van der Waals surface area contributed by atoms with Crippen molar-refractivity contribution in [3.8, 4) is 11.5 Å². The summed E-state index contributed by atoms with van der Waals surface area (Å²) in [6.45, 7) is -0.647. The van der Waals surface area contributed by atoms with Gasteiger partial charge < -0.3 is 24.6 Å². The SMILES string of the molecule is O=C(O)COCCc1nc(NCc2cc(OC(F)(F)F)cc(OC(F)(F)F)c2)c2c3c(sc2n1)CCCC3. The van der Waals surface area contributed by atoms with Crippen LogP contribution in [0, 0.1) is 0 Å². The summed E-state index contributed by atoms with van der Waals surface area (Å²) in [4.78, 5) is 21.6. The van der Waals surface area contributed by atoms with Gasteiger partial charge in [-0.1, -0.05) is 0 Å². The highest BCUT2D eigenvalue weighted by Crippen LogP contribution is 2.39. The summed E-state index contributed by atoms with van der Waals surface area (Å²) in [6.07, 6.45) is -6.42. The van der Waals surface area contributed by atoms with Crippen molar-refractivity contribution in [1.29, 1.82) is 0 Å². The van der Waals surface area contributed by atoms with Crippen LogP contribution in [0.5, 0.6) is 11.5 Å². The minimum Gasteiger partial charge on any atom is -0.480 e. The van der Waals surface area contributed by atoms with Crippen LogP contribution in [0.4, 0.5) is 32.2 Å². The molecule has 2 N–H and O–H groups in total. The van der Waals surface area contributed by atoms with Crippen LogP contribution in [-0.4, -0.2) is 47.0 Å². The van der Waals surface area contributed by atoms with E-state index in [2.05, 4.69) is 24.8 Å². The van der Waals surface area contributed by atoms with Gasteiger partial charge in [0.05, 0.1) is 12.0 Å². The summed E-state index contributed by atoms with van der Waals surface area (Å²) in [6, 6.07) is 2.40. The third-order valence-electron chi connectivity index (χ3n) is 5.42. The van der Waals surface area contributed by atoms with Crippen LogP contribution in [0.2, 0.25) is 0 Å². The fourth-order valence-electron chi connectivity index (χ4n) is 4.07. The number of nitrogens with one attached hydrogen (secondary N) is 1. The minimum absolute atomic E-state index is 0.0215. The highest BCUT2D eigenvalue weighted by atomic mass is 32.1. The molecule has 1 aliphatic carbocycles. The van der Waals surface area contributed by atoms with E-state index in [0.29, 0.717) is 22.5 Å². The quantitative estimate of drug-likeness (QED) is 0.241. The van der Waals surface area contributed by atoms with Gasteiger partial charge in [0.25, 0.3) is 0 Å². The molecule has 206 valence electrons. The summed E-state index contributed by atoms with van der Waals surface area (Å²) < 4.78 is 89.2. The standard InChI is InChI=1S/C23H21F6N3O5S/c24-22(25,26)36-13-7-12(8-14(9-13)37-23(27,28)29)10-30-20-19-15-3-1-2-4-16(15)38-21(19)32-17(31-20)5-6-35-11-18(33)34/h7-9H,1-6,10-11H2,(H,33,34)(H,30,31,32). The summed E-state index contributed by atoms with van der Waals surface area (Å²) >= 11 is 1.50. The van der Waals surface area contributed by atoms with E-state index in [-0.39, 0.29) is 25.1 Å². The molecule has 0 spiro atoms. The van der Waals surface area contributed by atoms with Crippen LogP contribution in [0.1, 0.15) is 34.7 Å². The Kier molecular flexibility index (Phi) is 8.16. The van der Waals surface area contributed by atoms with Crippen molar-refractivity contribution in [3.63, 3.8) is 0 Å². The molecule has 2 aromatic heterocycles. The number of benzene rings is 1. The van der Waals surface area contributed by atoms with Gasteiger partial charge in [-0.05, 0) is 48.9 Å². The first-order chi connectivity index (χ1) is 17.9. The van der Waals surface area contributed by atoms with Gasteiger partial charge >= 0.3 is 18.7 Å². The van der Waals surface area contributed by atoms with Gasteiger partial charge in [-0.15, -0.1) is 37.7 Å². The second kappa shape index (κ2) is 11.2. The molecule has 2 heterocycles. The van der Waals surface area contributed by atoms with Gasteiger partial charge in [-0.3, -0.25) is 0 Å². The number of carboxylic acids is 1. The summed E-state index contributed by atoms with van der Waals surface area (Å²) in [5, 5.41) is 12.5. The van der Waals surface area contributed by atoms with Crippen molar-refractivity contribution >= 4 is 33.3 Å². The molecule has 4 rings (SSSR count). The smallest absolute Gasteiger partial charge is 0.480 e. The lowest BCUT2D eigenvalue weighted by Gasteiger charge is -2.16. The average molecular weight is 565 g/mol. The molecule has 1 aromatic carbocycles. The van der Waals surface area contributed by atoms with Crippen LogP contribution in [0.25, 0.3) is 10.2 Å². The second-order valence-electron chi connectivity index (χ2n) is 8.34. The third kappa shape index (κ3) is 7.60. The Labute approximate surface area is 215 Å². The van der Waals surface area contributed by atoms with Gasteiger partial charge in [0.15, 0.2) is 0 Å². The van der Waals surface area contributed by atoms with Crippen LogP contribution in [0.3, 0.4) is 0 Å². The molecule has 38 heavy (non-hydrogen) atoms. The Morgan fingerprint density at radius 3 is 2.29 bits per heavy atom. The number of nitrogens with zero attached hydrogens (tertiary/aromatic N) is 2. The maximum Gasteiger partial charge on any atom is 0.573 e. The van der Waals surface area contributed by atoms with Crippen LogP contribution in [0.15, 0.2) is 18.2 Å². The van der Waals surface area contributed by atoms with E-state index in [1.807, 2.05) is 0 Å². The normalized spacial score (nSPS) is 13.8. The molecular formula is C23H21F6N3O5S. The zero-order valence-electron chi connectivity index (χ0n) is 19.5. The fraction of sp³-hybridized carbons (Fsp3) is 0.435. The highest BCUT2D eigenvalue weighted by Gasteiger charge is 2.34. The van der Waals surface area contributed by atoms with E-state index >= 15 is 0 Å². The summed E-state index contributed by atoms with van der Waals surface area (Å²) in [5.74, 6) is -2.15. The monoisotopic (exact) mass is 565 g/mol. The lowest BCUT2D eigenvalue weighted by atomic mass is 9.97. The van der Waals surface area contributed by atoms with E-state index in [1.54, 1.807) is 0 Å². The number of halogens is 6. The molecule has 0 radical (unpaired) electrons. The van der Waals surface area contributed by atoms with Gasteiger partial charge in [0.1, 0.15) is 34.6 Å². The van der Waals surface area contributed by atoms with E-state index in [4.69, 9.17) is 9.84 Å². The molecule has 8 nitrogen and oxygen atoms in total. The Hall–Kier alpha value is -3.33. The first-order valence-corrected chi connectivity index (χ1v) is 12.2. The molecular weight excluding hydrogens is 544 g/mol. The molecule has 0 saturated carbocycles. The summed E-state index contributed by atoms with van der Waals surface area (Å²) in [5.41, 5.74) is 1.08. The van der Waals surface area contributed by atoms with Crippen molar-refractivity contribution in [3.05, 3.63) is 40.0 Å². The molecule has 0 aliphatic heterocycles. The first-order valence-electron chi connectivity index (χ1n) is 11.4. The van der Waals surface area contributed by atoms with Gasteiger partial charge in [0, 0.05) is 23.9 Å². The van der Waals surface area contributed by atoms with Crippen molar-refractivity contribution in [1.82, 2.24) is 9.97 Å². The predicted molar refractivity (Wildman–Crippen MR) is 123 cm³/mol. The Bertz CT molecular complexity index is 1280. The number of thiophene rings is 1. The number of aromatic nitrogens is 2. The molecule has 3 aromatic rings. The van der Waals surface area contributed by atoms with E-state index in [9.17, 15) is 31.1 Å². The highest BCUT2D eigenvalue weighted by molar-refractivity contribution is 7.19. The number of ether oxygens (including phenoxy) is 3. The number of hydrogen-bond acceptors (Lipinski definition) is 8. The Balaban J connectivity index is 1.63. The Morgan fingerprint density at radius 1 is 1.00 bits per heavy atom. The average Bonchev–Trinajstić information content (AvgIpc) is 3.16. The van der Waals surface area contributed by atoms with E-state index < -0.39 is 36.8 Å². The Morgan fingerprint density at radius 2 is 1.66 bits per heavy atom. The zero-order chi connectivity index (χ0) is 27.5. The third-order valence-corrected chi connectivity index (χ3v) is 6.61. The lowest BCUT2D eigenvalue weighted by molar-refractivity contribution is -0.276. The molecule has 1 aliphatic rings.